The monoisotopic (exact) mass is 328 g/mol. The van der Waals surface area contributed by atoms with E-state index in [0.717, 1.165) is 34.7 Å². The van der Waals surface area contributed by atoms with Gasteiger partial charge in [0.2, 0.25) is 0 Å². The second kappa shape index (κ2) is 7.34. The van der Waals surface area contributed by atoms with E-state index < -0.39 is 5.97 Å². The van der Waals surface area contributed by atoms with E-state index in [1.54, 1.807) is 6.07 Å². The lowest BCUT2D eigenvalue weighted by Gasteiger charge is -2.10. The number of hydrogen-bond acceptors (Lipinski definition) is 3. The number of aryl methyl sites for hydroxylation is 3. The number of esters is 1. The van der Waals surface area contributed by atoms with Gasteiger partial charge < -0.3 is 14.6 Å². The first-order valence-electron chi connectivity index (χ1n) is 8.04. The minimum Gasteiger partial charge on any atom is -0.452 e. The lowest BCUT2D eigenvalue weighted by molar-refractivity contribution is -0.119. The first kappa shape index (κ1) is 17.8. The van der Waals surface area contributed by atoms with Crippen molar-refractivity contribution in [3.63, 3.8) is 0 Å². The normalized spacial score (nSPS) is 10.5. The standard InChI is InChI=1S/C19H24N2O3/c1-6-21-14(4)10-16(15(21)5)19(23)24-11-18(22)20-17-9-12(2)7-8-13(17)3/h7-10H,6,11H2,1-5H3,(H,20,22). The second-order valence-corrected chi connectivity index (χ2v) is 5.97. The number of aromatic nitrogens is 1. The van der Waals surface area contributed by atoms with Gasteiger partial charge in [-0.2, -0.15) is 0 Å². The summed E-state index contributed by atoms with van der Waals surface area (Å²) >= 11 is 0. The highest BCUT2D eigenvalue weighted by Crippen LogP contribution is 2.17. The van der Waals surface area contributed by atoms with Crippen molar-refractivity contribution in [2.45, 2.75) is 41.2 Å². The topological polar surface area (TPSA) is 60.3 Å². The van der Waals surface area contributed by atoms with Crippen LogP contribution in [0.15, 0.2) is 24.3 Å². The van der Waals surface area contributed by atoms with Crippen LogP contribution >= 0.6 is 0 Å². The molecule has 0 unspecified atom stereocenters. The molecule has 0 fully saturated rings. The van der Waals surface area contributed by atoms with Crippen molar-refractivity contribution in [3.05, 3.63) is 52.3 Å². The zero-order chi connectivity index (χ0) is 17.9. The van der Waals surface area contributed by atoms with Gasteiger partial charge in [0.15, 0.2) is 6.61 Å². The molecular formula is C19H24N2O3. The summed E-state index contributed by atoms with van der Waals surface area (Å²) in [5.74, 6) is -0.819. The molecule has 2 aromatic rings. The SMILES string of the molecule is CCn1c(C)cc(C(=O)OCC(=O)Nc2cc(C)ccc2C)c1C. The molecular weight excluding hydrogens is 304 g/mol. The van der Waals surface area contributed by atoms with Gasteiger partial charge in [-0.15, -0.1) is 0 Å². The van der Waals surface area contributed by atoms with Crippen molar-refractivity contribution in [3.8, 4) is 0 Å². The van der Waals surface area contributed by atoms with Gasteiger partial charge in [0.25, 0.3) is 5.91 Å². The number of nitrogens with zero attached hydrogens (tertiary/aromatic N) is 1. The molecule has 0 radical (unpaired) electrons. The Morgan fingerprint density at radius 2 is 1.83 bits per heavy atom. The maximum absolute atomic E-state index is 12.2. The molecule has 1 amide bonds. The maximum Gasteiger partial charge on any atom is 0.340 e. The van der Waals surface area contributed by atoms with Crippen LogP contribution < -0.4 is 5.32 Å². The van der Waals surface area contributed by atoms with Gasteiger partial charge in [-0.3, -0.25) is 4.79 Å². The molecule has 1 aromatic heterocycles. The zero-order valence-electron chi connectivity index (χ0n) is 14.9. The molecule has 0 aliphatic carbocycles. The highest BCUT2D eigenvalue weighted by atomic mass is 16.5. The average Bonchev–Trinajstić information content (AvgIpc) is 2.82. The number of nitrogens with one attached hydrogen (secondary N) is 1. The van der Waals surface area contributed by atoms with Crippen LogP contribution in [0.5, 0.6) is 0 Å². The quantitative estimate of drug-likeness (QED) is 0.854. The number of ether oxygens (including phenoxy) is 1. The van der Waals surface area contributed by atoms with E-state index in [1.165, 1.54) is 0 Å². The number of benzene rings is 1. The van der Waals surface area contributed by atoms with Crippen molar-refractivity contribution in [2.75, 3.05) is 11.9 Å². The van der Waals surface area contributed by atoms with Gasteiger partial charge in [0, 0.05) is 23.6 Å². The van der Waals surface area contributed by atoms with Gasteiger partial charge in [0.1, 0.15) is 0 Å². The molecule has 24 heavy (non-hydrogen) atoms. The van der Waals surface area contributed by atoms with Gasteiger partial charge in [0.05, 0.1) is 5.56 Å². The fraction of sp³-hybridized carbons (Fsp3) is 0.368. The lowest BCUT2D eigenvalue weighted by atomic mass is 10.1. The predicted octanol–water partition coefficient (Wildman–Crippen LogP) is 3.54. The van der Waals surface area contributed by atoms with Gasteiger partial charge in [-0.05, 0) is 57.9 Å². The number of carbonyl (C=O) groups excluding carboxylic acids is 2. The highest BCUT2D eigenvalue weighted by molar-refractivity contribution is 5.96. The summed E-state index contributed by atoms with van der Waals surface area (Å²) in [5.41, 5.74) is 5.12. The van der Waals surface area contributed by atoms with Crippen LogP contribution in [0.3, 0.4) is 0 Å². The van der Waals surface area contributed by atoms with E-state index in [0.29, 0.717) is 5.56 Å². The molecule has 0 bridgehead atoms. The summed E-state index contributed by atoms with van der Waals surface area (Å²) in [6.07, 6.45) is 0. The summed E-state index contributed by atoms with van der Waals surface area (Å²) in [6, 6.07) is 7.61. The summed E-state index contributed by atoms with van der Waals surface area (Å²) in [5, 5.41) is 2.78. The van der Waals surface area contributed by atoms with Crippen molar-refractivity contribution >= 4 is 17.6 Å². The van der Waals surface area contributed by atoms with Crippen LogP contribution in [0.1, 0.15) is 39.8 Å². The van der Waals surface area contributed by atoms with E-state index in [-0.39, 0.29) is 12.5 Å². The van der Waals surface area contributed by atoms with Crippen LogP contribution in [0.4, 0.5) is 5.69 Å². The molecule has 0 aliphatic heterocycles. The Bertz CT molecular complexity index is 775. The minimum atomic E-state index is -0.473. The Labute approximate surface area is 142 Å². The molecule has 1 aromatic carbocycles. The third-order valence-electron chi connectivity index (χ3n) is 4.11. The van der Waals surface area contributed by atoms with Crippen molar-refractivity contribution < 1.29 is 14.3 Å². The van der Waals surface area contributed by atoms with Crippen LogP contribution in [-0.4, -0.2) is 23.1 Å². The number of rotatable bonds is 5. The Balaban J connectivity index is 1.99. The highest BCUT2D eigenvalue weighted by Gasteiger charge is 2.17. The molecule has 5 heteroatoms. The maximum atomic E-state index is 12.2. The van der Waals surface area contributed by atoms with E-state index in [4.69, 9.17) is 4.74 Å². The molecule has 0 aliphatic rings. The van der Waals surface area contributed by atoms with Crippen molar-refractivity contribution in [1.82, 2.24) is 4.57 Å². The Morgan fingerprint density at radius 3 is 2.46 bits per heavy atom. The second-order valence-electron chi connectivity index (χ2n) is 5.97. The fourth-order valence-corrected chi connectivity index (χ4v) is 2.76. The zero-order valence-corrected chi connectivity index (χ0v) is 14.9. The summed E-state index contributed by atoms with van der Waals surface area (Å²) in [7, 11) is 0. The van der Waals surface area contributed by atoms with E-state index in [9.17, 15) is 9.59 Å². The van der Waals surface area contributed by atoms with E-state index >= 15 is 0 Å². The van der Waals surface area contributed by atoms with Gasteiger partial charge in [-0.1, -0.05) is 12.1 Å². The third kappa shape index (κ3) is 3.85. The van der Waals surface area contributed by atoms with Crippen LogP contribution in [-0.2, 0) is 16.1 Å². The number of hydrogen-bond donors (Lipinski definition) is 1. The molecule has 128 valence electrons. The predicted molar refractivity (Wildman–Crippen MR) is 94.4 cm³/mol. The first-order chi connectivity index (χ1) is 11.3. The van der Waals surface area contributed by atoms with Crippen LogP contribution in [0.25, 0.3) is 0 Å². The van der Waals surface area contributed by atoms with Crippen molar-refractivity contribution in [2.24, 2.45) is 0 Å². The summed E-state index contributed by atoms with van der Waals surface area (Å²) in [4.78, 5) is 24.2. The lowest BCUT2D eigenvalue weighted by Crippen LogP contribution is -2.21. The Morgan fingerprint density at radius 1 is 1.12 bits per heavy atom. The minimum absolute atomic E-state index is 0.304. The fourth-order valence-electron chi connectivity index (χ4n) is 2.76. The summed E-state index contributed by atoms with van der Waals surface area (Å²) < 4.78 is 7.20. The largest absolute Gasteiger partial charge is 0.452 e. The molecule has 0 atom stereocenters. The molecule has 0 saturated heterocycles. The molecule has 5 nitrogen and oxygen atoms in total. The molecule has 0 saturated carbocycles. The number of anilines is 1. The molecule has 2 rings (SSSR count). The Kier molecular flexibility index (Phi) is 5.44. The van der Waals surface area contributed by atoms with E-state index in [2.05, 4.69) is 5.32 Å². The van der Waals surface area contributed by atoms with Crippen LogP contribution in [0.2, 0.25) is 0 Å². The average molecular weight is 328 g/mol. The van der Waals surface area contributed by atoms with Crippen LogP contribution in [0, 0.1) is 27.7 Å². The molecule has 1 N–H and O–H groups in total. The van der Waals surface area contributed by atoms with E-state index in [1.807, 2.05) is 57.4 Å². The van der Waals surface area contributed by atoms with Gasteiger partial charge in [-0.25, -0.2) is 4.79 Å². The number of amides is 1. The third-order valence-corrected chi connectivity index (χ3v) is 4.11. The molecule has 0 spiro atoms. The Hall–Kier alpha value is -2.56. The number of carbonyl (C=O) groups is 2. The smallest absolute Gasteiger partial charge is 0.340 e. The molecule has 1 heterocycles. The first-order valence-corrected chi connectivity index (χ1v) is 8.04. The van der Waals surface area contributed by atoms with Gasteiger partial charge >= 0.3 is 5.97 Å². The van der Waals surface area contributed by atoms with Crippen molar-refractivity contribution in [1.29, 1.82) is 0 Å². The summed E-state index contributed by atoms with van der Waals surface area (Å²) in [6.45, 7) is 10.2.